The zero-order valence-corrected chi connectivity index (χ0v) is 20.6. The van der Waals surface area contributed by atoms with Gasteiger partial charge in [0.1, 0.15) is 6.10 Å². The van der Waals surface area contributed by atoms with Gasteiger partial charge in [0.05, 0.1) is 17.3 Å². The number of aliphatic hydroxyl groups excluding tert-OH is 2. The van der Waals surface area contributed by atoms with Crippen molar-refractivity contribution in [1.82, 2.24) is 0 Å². The fraction of sp³-hybridized carbons (Fsp3) is 1.00. The summed E-state index contributed by atoms with van der Waals surface area (Å²) in [4.78, 5) is 0. The van der Waals surface area contributed by atoms with Gasteiger partial charge in [-0.05, 0) is 107 Å². The minimum atomic E-state index is -1.14. The minimum Gasteiger partial charge on any atom is -0.390 e. The molecule has 0 saturated heterocycles. The van der Waals surface area contributed by atoms with Crippen LogP contribution in [0.5, 0.6) is 0 Å². The van der Waals surface area contributed by atoms with E-state index in [0.717, 1.165) is 43.9 Å². The lowest BCUT2D eigenvalue weighted by Gasteiger charge is -2.65. The summed E-state index contributed by atoms with van der Waals surface area (Å²) in [6.07, 6.45) is 9.41. The molecule has 0 bridgehead atoms. The van der Waals surface area contributed by atoms with Crippen LogP contribution in [-0.4, -0.2) is 43.8 Å². The molecule has 0 heterocycles. The number of hydrogen-bond acceptors (Lipinski definition) is 4. The minimum absolute atomic E-state index is 0.285. The lowest BCUT2D eigenvalue weighted by molar-refractivity contribution is -0.267. The topological polar surface area (TPSA) is 80.9 Å². The van der Waals surface area contributed by atoms with Crippen molar-refractivity contribution in [1.29, 1.82) is 0 Å². The van der Waals surface area contributed by atoms with Crippen LogP contribution < -0.4 is 0 Å². The van der Waals surface area contributed by atoms with Gasteiger partial charge in [0.15, 0.2) is 0 Å². The van der Waals surface area contributed by atoms with Gasteiger partial charge in [-0.2, -0.15) is 0 Å². The maximum absolute atomic E-state index is 11.6. The second kappa shape index (κ2) is 7.96. The Hall–Kier alpha value is -0.160. The number of hydrogen-bond donors (Lipinski definition) is 4. The van der Waals surface area contributed by atoms with E-state index in [1.165, 1.54) is 25.7 Å². The molecule has 31 heavy (non-hydrogen) atoms. The summed E-state index contributed by atoms with van der Waals surface area (Å²) in [6.45, 7) is 11.0. The Morgan fingerprint density at radius 1 is 0.935 bits per heavy atom. The van der Waals surface area contributed by atoms with Crippen LogP contribution >= 0.6 is 0 Å². The Balaban J connectivity index is 1.49. The molecule has 4 aliphatic rings. The van der Waals surface area contributed by atoms with Crippen LogP contribution in [0.1, 0.15) is 105 Å². The Bertz CT molecular complexity index is 658. The Kier molecular flexibility index (Phi) is 6.16. The first-order valence-electron chi connectivity index (χ1n) is 13.1. The lowest BCUT2D eigenvalue weighted by atomic mass is 9.42. The van der Waals surface area contributed by atoms with E-state index >= 15 is 0 Å². The number of rotatable bonds is 5. The van der Waals surface area contributed by atoms with Crippen LogP contribution in [0.4, 0.5) is 0 Å². The van der Waals surface area contributed by atoms with E-state index in [9.17, 15) is 20.4 Å². The number of aliphatic hydroxyl groups is 4. The molecule has 4 nitrogen and oxygen atoms in total. The van der Waals surface area contributed by atoms with E-state index in [4.69, 9.17) is 0 Å². The lowest BCUT2D eigenvalue weighted by Crippen LogP contribution is -2.69. The van der Waals surface area contributed by atoms with Crippen molar-refractivity contribution in [2.75, 3.05) is 0 Å². The first-order valence-corrected chi connectivity index (χ1v) is 13.1. The van der Waals surface area contributed by atoms with Crippen molar-refractivity contribution in [2.24, 2.45) is 40.4 Å². The third-order valence-electron chi connectivity index (χ3n) is 11.1. The van der Waals surface area contributed by atoms with E-state index in [2.05, 4.69) is 20.8 Å². The maximum Gasteiger partial charge on any atom is 0.109 e. The van der Waals surface area contributed by atoms with E-state index in [0.29, 0.717) is 36.0 Å². The van der Waals surface area contributed by atoms with Gasteiger partial charge in [-0.15, -0.1) is 0 Å². The molecule has 4 heteroatoms. The summed E-state index contributed by atoms with van der Waals surface area (Å²) in [6, 6.07) is 0. The molecule has 180 valence electrons. The second-order valence-corrected chi connectivity index (χ2v) is 13.2. The standard InChI is InChI=1S/C27H48O4/c1-17(7-6-13-24(2,3)30)19-8-9-20-18-10-16-27(31)23(29)22(28)12-15-26(27,5)21(18)11-14-25(19,20)4/h17-23,28-31H,6-16H2,1-5H3/t17?,18-,19+,20-,21-,22-,23?,25+,26+,27?/m0/s1. The van der Waals surface area contributed by atoms with E-state index in [1.54, 1.807) is 0 Å². The van der Waals surface area contributed by atoms with Crippen LogP contribution in [0.2, 0.25) is 0 Å². The Labute approximate surface area is 189 Å². The average Bonchev–Trinajstić information content (AvgIpc) is 3.03. The third kappa shape index (κ3) is 3.72. The molecule has 4 N–H and O–H groups in total. The van der Waals surface area contributed by atoms with Gasteiger partial charge >= 0.3 is 0 Å². The van der Waals surface area contributed by atoms with Crippen LogP contribution in [0.3, 0.4) is 0 Å². The van der Waals surface area contributed by atoms with Gasteiger partial charge in [0, 0.05) is 5.41 Å². The normalized spacial score (nSPS) is 51.0. The van der Waals surface area contributed by atoms with Crippen LogP contribution in [-0.2, 0) is 0 Å². The summed E-state index contributed by atoms with van der Waals surface area (Å²) in [7, 11) is 0. The molecule has 0 amide bonds. The zero-order valence-electron chi connectivity index (χ0n) is 20.6. The maximum atomic E-state index is 11.6. The molecule has 4 aliphatic carbocycles. The molecule has 4 rings (SSSR count). The average molecular weight is 437 g/mol. The monoisotopic (exact) mass is 436 g/mol. The highest BCUT2D eigenvalue weighted by molar-refractivity contribution is 5.17. The van der Waals surface area contributed by atoms with Gasteiger partial charge < -0.3 is 20.4 Å². The fourth-order valence-corrected chi connectivity index (χ4v) is 9.32. The molecule has 0 aliphatic heterocycles. The smallest absolute Gasteiger partial charge is 0.109 e. The van der Waals surface area contributed by atoms with Crippen LogP contribution in [0, 0.1) is 40.4 Å². The molecule has 4 saturated carbocycles. The van der Waals surface area contributed by atoms with Gasteiger partial charge in [-0.3, -0.25) is 0 Å². The van der Waals surface area contributed by atoms with Gasteiger partial charge in [0.2, 0.25) is 0 Å². The van der Waals surface area contributed by atoms with E-state index in [1.807, 2.05) is 13.8 Å². The molecule has 3 unspecified atom stereocenters. The molecule has 4 fully saturated rings. The summed E-state index contributed by atoms with van der Waals surface area (Å²) in [5, 5.41) is 42.7. The summed E-state index contributed by atoms with van der Waals surface area (Å²) >= 11 is 0. The molecule has 10 atom stereocenters. The van der Waals surface area contributed by atoms with Crippen LogP contribution in [0.15, 0.2) is 0 Å². The van der Waals surface area contributed by atoms with Crippen molar-refractivity contribution in [2.45, 2.75) is 129 Å². The Morgan fingerprint density at radius 2 is 1.65 bits per heavy atom. The summed E-state index contributed by atoms with van der Waals surface area (Å²) in [5.41, 5.74) is -1.60. The van der Waals surface area contributed by atoms with Crippen molar-refractivity contribution >= 4 is 0 Å². The molecule has 0 aromatic carbocycles. The van der Waals surface area contributed by atoms with Crippen LogP contribution in [0.25, 0.3) is 0 Å². The third-order valence-corrected chi connectivity index (χ3v) is 11.1. The highest BCUT2D eigenvalue weighted by Crippen LogP contribution is 2.69. The van der Waals surface area contributed by atoms with Crippen molar-refractivity contribution in [3.63, 3.8) is 0 Å². The Morgan fingerprint density at radius 3 is 2.32 bits per heavy atom. The largest absolute Gasteiger partial charge is 0.390 e. The van der Waals surface area contributed by atoms with Crippen molar-refractivity contribution in [3.8, 4) is 0 Å². The highest BCUT2D eigenvalue weighted by Gasteiger charge is 2.67. The van der Waals surface area contributed by atoms with Crippen molar-refractivity contribution < 1.29 is 20.4 Å². The summed E-state index contributed by atoms with van der Waals surface area (Å²) in [5.74, 6) is 3.26. The molecule has 0 aromatic rings. The predicted molar refractivity (Wildman–Crippen MR) is 123 cm³/mol. The first-order chi connectivity index (χ1) is 14.3. The van der Waals surface area contributed by atoms with Gasteiger partial charge in [-0.25, -0.2) is 0 Å². The van der Waals surface area contributed by atoms with E-state index < -0.39 is 23.4 Å². The van der Waals surface area contributed by atoms with Gasteiger partial charge in [0.25, 0.3) is 0 Å². The molecule has 0 aromatic heterocycles. The molecular formula is C27H48O4. The van der Waals surface area contributed by atoms with Gasteiger partial charge in [-0.1, -0.05) is 33.6 Å². The quantitative estimate of drug-likeness (QED) is 0.505. The van der Waals surface area contributed by atoms with E-state index in [-0.39, 0.29) is 5.41 Å². The fourth-order valence-electron chi connectivity index (χ4n) is 9.32. The van der Waals surface area contributed by atoms with Crippen molar-refractivity contribution in [3.05, 3.63) is 0 Å². The number of fused-ring (bicyclic) bond motifs is 5. The highest BCUT2D eigenvalue weighted by atomic mass is 16.4. The second-order valence-electron chi connectivity index (χ2n) is 13.2. The SMILES string of the molecule is CC(CCCC(C)(C)O)[C@H]1CC[C@H]2[C@@H]3CCC4(O)C(O)[C@@H](O)CC[C@]4(C)[C@H]3CC[C@]12C. The first kappa shape index (κ1) is 24.0. The predicted octanol–water partition coefficient (Wildman–Crippen LogP) is 4.67. The molecule has 0 radical (unpaired) electrons. The zero-order chi connectivity index (χ0) is 22.8. The molecular weight excluding hydrogens is 388 g/mol. The summed E-state index contributed by atoms with van der Waals surface area (Å²) < 4.78 is 0. The molecule has 0 spiro atoms.